The summed E-state index contributed by atoms with van der Waals surface area (Å²) in [5.41, 5.74) is -0.319. The summed E-state index contributed by atoms with van der Waals surface area (Å²) in [6.45, 7) is 5.22. The molecule has 0 saturated heterocycles. The zero-order chi connectivity index (χ0) is 22.2. The summed E-state index contributed by atoms with van der Waals surface area (Å²) in [4.78, 5) is 23.5. The molecule has 3 N–H and O–H groups in total. The van der Waals surface area contributed by atoms with E-state index in [1.807, 2.05) is 0 Å². The molecule has 1 heterocycles. The van der Waals surface area contributed by atoms with Gasteiger partial charge >= 0.3 is 6.09 Å². The Balaban J connectivity index is 1.88. The third-order valence-electron chi connectivity index (χ3n) is 3.44. The summed E-state index contributed by atoms with van der Waals surface area (Å²) in [6, 6.07) is 9.21. The van der Waals surface area contributed by atoms with Gasteiger partial charge in [0, 0.05) is 24.9 Å². The fraction of sp³-hybridized carbons (Fsp3) is 0.300. The molecule has 0 unspecified atom stereocenters. The highest BCUT2D eigenvalue weighted by Crippen LogP contribution is 2.15. The van der Waals surface area contributed by atoms with Crippen LogP contribution in [0.1, 0.15) is 26.5 Å². The van der Waals surface area contributed by atoms with Crippen molar-refractivity contribution in [3.63, 3.8) is 0 Å². The van der Waals surface area contributed by atoms with Crippen LogP contribution in [0, 0.1) is 0 Å². The molecule has 1 aromatic heterocycles. The lowest BCUT2D eigenvalue weighted by Crippen LogP contribution is -2.37. The van der Waals surface area contributed by atoms with Crippen molar-refractivity contribution in [2.75, 3.05) is 18.4 Å². The average molecular weight is 436 g/mol. The summed E-state index contributed by atoms with van der Waals surface area (Å²) in [7, 11) is -3.83. The minimum absolute atomic E-state index is 0.0208. The molecule has 1 aromatic carbocycles. The highest BCUT2D eigenvalue weighted by atomic mass is 32.2. The van der Waals surface area contributed by atoms with Gasteiger partial charge in [0.05, 0.1) is 11.2 Å². The molecule has 0 radical (unpaired) electrons. The van der Waals surface area contributed by atoms with Gasteiger partial charge in [-0.1, -0.05) is 6.07 Å². The topological polar surface area (TPSA) is 127 Å². The van der Waals surface area contributed by atoms with E-state index in [1.165, 1.54) is 36.6 Å². The van der Waals surface area contributed by atoms with Gasteiger partial charge in [0.15, 0.2) is 0 Å². The first kappa shape index (κ1) is 23.2. The molecule has 0 aliphatic carbocycles. The number of furan rings is 1. The Morgan fingerprint density at radius 3 is 2.57 bits per heavy atom. The second-order valence-electron chi connectivity index (χ2n) is 7.19. The Bertz CT molecular complexity index is 992. The number of nitrogens with one attached hydrogen (secondary N) is 3. The van der Waals surface area contributed by atoms with Crippen molar-refractivity contribution in [3.05, 3.63) is 54.5 Å². The maximum absolute atomic E-state index is 12.4. The number of benzene rings is 1. The number of carbonyl (C=O) groups is 2. The molecule has 2 amide bonds. The third kappa shape index (κ3) is 8.10. The quantitative estimate of drug-likeness (QED) is 0.432. The minimum Gasteiger partial charge on any atom is -0.465 e. The van der Waals surface area contributed by atoms with Crippen LogP contribution in [0.2, 0.25) is 0 Å². The van der Waals surface area contributed by atoms with Crippen molar-refractivity contribution in [2.24, 2.45) is 0 Å². The number of hydrogen-bond acceptors (Lipinski definition) is 6. The van der Waals surface area contributed by atoms with Gasteiger partial charge < -0.3 is 19.8 Å². The van der Waals surface area contributed by atoms with Crippen LogP contribution in [-0.2, 0) is 19.6 Å². The molecule has 0 aliphatic rings. The van der Waals surface area contributed by atoms with E-state index in [2.05, 4.69) is 15.4 Å². The van der Waals surface area contributed by atoms with Crippen LogP contribution in [0.15, 0.2) is 58.1 Å². The third-order valence-corrected chi connectivity index (χ3v) is 4.90. The van der Waals surface area contributed by atoms with E-state index in [1.54, 1.807) is 39.0 Å². The molecular weight excluding hydrogens is 410 g/mol. The molecule has 10 heteroatoms. The van der Waals surface area contributed by atoms with Gasteiger partial charge in [-0.25, -0.2) is 17.9 Å². The van der Waals surface area contributed by atoms with E-state index in [0.717, 1.165) is 0 Å². The fourth-order valence-electron chi connectivity index (χ4n) is 2.22. The number of sulfonamides is 1. The molecule has 0 fully saturated rings. The zero-order valence-electron chi connectivity index (χ0n) is 17.0. The van der Waals surface area contributed by atoms with Crippen molar-refractivity contribution in [2.45, 2.75) is 31.3 Å². The Labute approximate surface area is 175 Å². The van der Waals surface area contributed by atoms with Crippen molar-refractivity contribution in [1.82, 2.24) is 10.0 Å². The van der Waals surface area contributed by atoms with Crippen LogP contribution in [0.5, 0.6) is 0 Å². The van der Waals surface area contributed by atoms with Crippen LogP contribution >= 0.6 is 0 Å². The average Bonchev–Trinajstić information content (AvgIpc) is 3.16. The molecule has 0 spiro atoms. The first-order chi connectivity index (χ1) is 14.0. The van der Waals surface area contributed by atoms with Crippen molar-refractivity contribution in [3.8, 4) is 0 Å². The fourth-order valence-corrected chi connectivity index (χ4v) is 3.29. The summed E-state index contributed by atoms with van der Waals surface area (Å²) in [5.74, 6) is 0.0844. The van der Waals surface area contributed by atoms with Crippen molar-refractivity contribution in [1.29, 1.82) is 0 Å². The van der Waals surface area contributed by atoms with E-state index in [-0.39, 0.29) is 18.0 Å². The molecule has 0 bridgehead atoms. The number of anilines is 1. The Morgan fingerprint density at radius 1 is 1.13 bits per heavy atom. The van der Waals surface area contributed by atoms with Gasteiger partial charge in [-0.15, -0.1) is 0 Å². The van der Waals surface area contributed by atoms with Crippen LogP contribution in [0.25, 0.3) is 6.08 Å². The van der Waals surface area contributed by atoms with E-state index >= 15 is 0 Å². The number of carbonyl (C=O) groups excluding carboxylic acids is 2. The van der Waals surface area contributed by atoms with E-state index in [9.17, 15) is 18.0 Å². The molecule has 2 rings (SSSR count). The molecule has 0 saturated carbocycles. The second-order valence-corrected chi connectivity index (χ2v) is 8.96. The molecule has 162 valence electrons. The highest BCUT2D eigenvalue weighted by Gasteiger charge is 2.17. The summed E-state index contributed by atoms with van der Waals surface area (Å²) in [6.07, 6.45) is 3.63. The lowest BCUT2D eigenvalue weighted by molar-refractivity contribution is -0.111. The number of amides is 2. The maximum Gasteiger partial charge on any atom is 0.407 e. The first-order valence-corrected chi connectivity index (χ1v) is 10.6. The largest absolute Gasteiger partial charge is 0.465 e. The molecular formula is C20H25N3O6S. The summed E-state index contributed by atoms with van der Waals surface area (Å²) >= 11 is 0. The van der Waals surface area contributed by atoms with Gasteiger partial charge in [-0.2, -0.15) is 0 Å². The van der Waals surface area contributed by atoms with Gasteiger partial charge in [0.1, 0.15) is 11.4 Å². The zero-order valence-corrected chi connectivity index (χ0v) is 17.8. The monoisotopic (exact) mass is 435 g/mol. The van der Waals surface area contributed by atoms with Crippen molar-refractivity contribution < 1.29 is 27.2 Å². The van der Waals surface area contributed by atoms with Crippen LogP contribution in [0.4, 0.5) is 10.5 Å². The number of alkyl carbamates (subject to hydrolysis) is 1. The van der Waals surface area contributed by atoms with Crippen LogP contribution < -0.4 is 15.4 Å². The van der Waals surface area contributed by atoms with E-state index in [4.69, 9.17) is 9.15 Å². The predicted molar refractivity (Wildman–Crippen MR) is 112 cm³/mol. The Hall–Kier alpha value is -3.11. The molecule has 0 atom stereocenters. The van der Waals surface area contributed by atoms with Crippen LogP contribution in [-0.4, -0.2) is 39.1 Å². The molecule has 0 aliphatic heterocycles. The summed E-state index contributed by atoms with van der Waals surface area (Å²) in [5, 5.41) is 5.05. The minimum atomic E-state index is -3.83. The van der Waals surface area contributed by atoms with Gasteiger partial charge in [0.25, 0.3) is 0 Å². The first-order valence-electron chi connectivity index (χ1n) is 9.14. The van der Waals surface area contributed by atoms with E-state index in [0.29, 0.717) is 11.4 Å². The Kier molecular flexibility index (Phi) is 7.79. The lowest BCUT2D eigenvalue weighted by atomic mass is 10.2. The van der Waals surface area contributed by atoms with Gasteiger partial charge in [-0.05, 0) is 57.2 Å². The van der Waals surface area contributed by atoms with Crippen molar-refractivity contribution >= 4 is 33.8 Å². The van der Waals surface area contributed by atoms with Gasteiger partial charge in [-0.3, -0.25) is 4.79 Å². The van der Waals surface area contributed by atoms with Crippen LogP contribution in [0.3, 0.4) is 0 Å². The number of rotatable bonds is 8. The second kappa shape index (κ2) is 10.1. The lowest BCUT2D eigenvalue weighted by Gasteiger charge is -2.19. The molecule has 2 aromatic rings. The standard InChI is InChI=1S/C20H25N3O6S/c1-20(2,3)29-19(25)21-11-12-22-30(26,27)17-8-4-6-15(14-17)23-18(24)10-9-16-7-5-13-28-16/h4-10,13-14,22H,11-12H2,1-3H3,(H,21,25)(H,23,24)/b10-9+. The highest BCUT2D eigenvalue weighted by molar-refractivity contribution is 7.89. The predicted octanol–water partition coefficient (Wildman–Crippen LogP) is 2.73. The summed E-state index contributed by atoms with van der Waals surface area (Å²) < 4.78 is 37.4. The maximum atomic E-state index is 12.4. The van der Waals surface area contributed by atoms with Gasteiger partial charge in [0.2, 0.25) is 15.9 Å². The molecule has 30 heavy (non-hydrogen) atoms. The molecule has 9 nitrogen and oxygen atoms in total. The smallest absolute Gasteiger partial charge is 0.407 e. The SMILES string of the molecule is CC(C)(C)OC(=O)NCCNS(=O)(=O)c1cccc(NC(=O)/C=C/c2ccco2)c1. The normalized spacial score (nSPS) is 12.0. The number of hydrogen-bond donors (Lipinski definition) is 3. The van der Waals surface area contributed by atoms with E-state index < -0.39 is 27.6 Å². The Morgan fingerprint density at radius 2 is 1.90 bits per heavy atom. The number of ether oxygens (including phenoxy) is 1.